The first-order valence-electron chi connectivity index (χ1n) is 6.21. The molecular weight excluding hydrogens is 512 g/mol. The van der Waals surface area contributed by atoms with Gasteiger partial charge in [-0.3, -0.25) is 0 Å². The molecule has 0 aliphatic carbocycles. The van der Waals surface area contributed by atoms with E-state index in [-0.39, 0.29) is 11.6 Å². The van der Waals surface area contributed by atoms with Gasteiger partial charge < -0.3 is 0 Å². The quantitative estimate of drug-likeness (QED) is 0.402. The van der Waals surface area contributed by atoms with Crippen LogP contribution in [0.1, 0.15) is 20.7 Å². The number of hydrogen-bond donors (Lipinski definition) is 0. The van der Waals surface area contributed by atoms with E-state index in [1.807, 2.05) is 48.5 Å². The van der Waals surface area contributed by atoms with Crippen LogP contribution in [0.25, 0.3) is 0 Å². The minimum atomic E-state index is -0.631. The molecule has 0 aliphatic rings. The molecule has 0 atom stereocenters. The van der Waals surface area contributed by atoms with Crippen molar-refractivity contribution < 1.29 is 9.59 Å². The first kappa shape index (κ1) is 16.9. The Balaban J connectivity index is 1.83. The zero-order valence-corrected chi connectivity index (χ0v) is 16.5. The van der Waals surface area contributed by atoms with E-state index in [4.69, 9.17) is 0 Å². The standard InChI is InChI=1S/C16H12Br2O2Te/c17-13-5-1-11(2-6-13)15(19)9-21-10-16(20)12-3-7-14(18)8-4-12/h1-8H,9-10H2. The van der Waals surface area contributed by atoms with Gasteiger partial charge >= 0.3 is 151 Å². The maximum atomic E-state index is 12.0. The van der Waals surface area contributed by atoms with Crippen LogP contribution in [0, 0.1) is 0 Å². The topological polar surface area (TPSA) is 34.1 Å². The minimum absolute atomic E-state index is 0.133. The SMILES string of the molecule is O=C(C[Te]CC(=O)c1ccc(Br)cc1)c1ccc(Br)cc1. The molecule has 0 radical (unpaired) electrons. The Morgan fingerprint density at radius 1 is 0.714 bits per heavy atom. The van der Waals surface area contributed by atoms with Crippen molar-refractivity contribution in [2.45, 2.75) is 8.94 Å². The third-order valence-electron chi connectivity index (χ3n) is 2.80. The zero-order chi connectivity index (χ0) is 15.2. The number of carbonyl (C=O) groups is 2. The number of rotatable bonds is 6. The summed E-state index contributed by atoms with van der Waals surface area (Å²) in [4.78, 5) is 24.0. The second-order valence-electron chi connectivity index (χ2n) is 4.35. The van der Waals surface area contributed by atoms with Crippen molar-refractivity contribution in [2.75, 3.05) is 0 Å². The van der Waals surface area contributed by atoms with Crippen LogP contribution in [-0.2, 0) is 0 Å². The van der Waals surface area contributed by atoms with Crippen LogP contribution >= 0.6 is 31.9 Å². The molecule has 2 rings (SSSR count). The predicted molar refractivity (Wildman–Crippen MR) is 92.3 cm³/mol. The van der Waals surface area contributed by atoms with E-state index in [2.05, 4.69) is 31.9 Å². The van der Waals surface area contributed by atoms with Crippen molar-refractivity contribution >= 4 is 64.3 Å². The van der Waals surface area contributed by atoms with Gasteiger partial charge in [0.05, 0.1) is 0 Å². The molecule has 0 aromatic heterocycles. The molecule has 0 spiro atoms. The molecule has 2 aromatic rings. The van der Waals surface area contributed by atoms with Crippen LogP contribution < -0.4 is 0 Å². The van der Waals surface area contributed by atoms with E-state index in [0.717, 1.165) is 20.1 Å². The van der Waals surface area contributed by atoms with E-state index < -0.39 is 20.9 Å². The molecule has 2 nitrogen and oxygen atoms in total. The molecule has 0 N–H and O–H groups in total. The van der Waals surface area contributed by atoms with E-state index in [0.29, 0.717) is 8.94 Å². The van der Waals surface area contributed by atoms with Gasteiger partial charge in [-0.1, -0.05) is 0 Å². The van der Waals surface area contributed by atoms with Crippen molar-refractivity contribution in [3.63, 3.8) is 0 Å². The molecule has 108 valence electrons. The molecule has 5 heteroatoms. The van der Waals surface area contributed by atoms with Gasteiger partial charge in [0.25, 0.3) is 0 Å². The number of carbonyl (C=O) groups excluding carboxylic acids is 2. The molecule has 21 heavy (non-hydrogen) atoms. The fourth-order valence-electron chi connectivity index (χ4n) is 1.67. The second kappa shape index (κ2) is 8.24. The van der Waals surface area contributed by atoms with Crippen molar-refractivity contribution in [3.8, 4) is 0 Å². The summed E-state index contributed by atoms with van der Waals surface area (Å²) >= 11 is 6.06. The van der Waals surface area contributed by atoms with Gasteiger partial charge in [-0.2, -0.15) is 0 Å². The van der Waals surface area contributed by atoms with E-state index in [1.54, 1.807) is 0 Å². The van der Waals surface area contributed by atoms with Crippen LogP contribution in [0.15, 0.2) is 57.5 Å². The molecule has 0 saturated carbocycles. The van der Waals surface area contributed by atoms with Gasteiger partial charge in [0.15, 0.2) is 0 Å². The fraction of sp³-hybridized carbons (Fsp3) is 0.125. The van der Waals surface area contributed by atoms with Gasteiger partial charge in [-0.25, -0.2) is 0 Å². The Labute approximate surface area is 150 Å². The van der Waals surface area contributed by atoms with Gasteiger partial charge in [0.1, 0.15) is 0 Å². The maximum absolute atomic E-state index is 12.0. The number of Topliss-reactive ketones (excluding diaryl/α,β-unsaturated/α-hetero) is 2. The van der Waals surface area contributed by atoms with Gasteiger partial charge in [-0.15, -0.1) is 0 Å². The first-order valence-corrected chi connectivity index (χ1v) is 11.1. The summed E-state index contributed by atoms with van der Waals surface area (Å²) in [6.07, 6.45) is 0. The monoisotopic (exact) mass is 524 g/mol. The fourth-order valence-corrected chi connectivity index (χ4v) is 4.50. The number of hydrogen-bond acceptors (Lipinski definition) is 2. The average Bonchev–Trinajstić information content (AvgIpc) is 2.48. The number of benzene rings is 2. The average molecular weight is 524 g/mol. The summed E-state index contributed by atoms with van der Waals surface area (Å²) in [5.41, 5.74) is 1.44. The normalized spacial score (nSPS) is 10.4. The van der Waals surface area contributed by atoms with Crippen molar-refractivity contribution in [2.24, 2.45) is 0 Å². The molecule has 0 heterocycles. The van der Waals surface area contributed by atoms with Crippen molar-refractivity contribution in [3.05, 3.63) is 68.6 Å². The Hall–Kier alpha value is -0.470. The van der Waals surface area contributed by atoms with Crippen LogP contribution in [0.2, 0.25) is 8.94 Å². The van der Waals surface area contributed by atoms with Crippen LogP contribution in [0.3, 0.4) is 0 Å². The Kier molecular flexibility index (Phi) is 6.63. The molecule has 2 aromatic carbocycles. The number of ketones is 2. The molecule has 0 unspecified atom stereocenters. The molecular formula is C16H12Br2O2Te. The van der Waals surface area contributed by atoms with Gasteiger partial charge in [0.2, 0.25) is 0 Å². The van der Waals surface area contributed by atoms with Crippen molar-refractivity contribution in [1.82, 2.24) is 0 Å². The van der Waals surface area contributed by atoms with E-state index in [9.17, 15) is 9.59 Å². The summed E-state index contributed by atoms with van der Waals surface area (Å²) < 4.78 is 2.96. The zero-order valence-electron chi connectivity index (χ0n) is 11.0. The Bertz CT molecular complexity index is 579. The summed E-state index contributed by atoms with van der Waals surface area (Å²) in [6.45, 7) is 0. The van der Waals surface area contributed by atoms with Gasteiger partial charge in [-0.05, 0) is 0 Å². The Morgan fingerprint density at radius 2 is 1.05 bits per heavy atom. The molecule has 0 aliphatic heterocycles. The third kappa shape index (κ3) is 5.34. The molecule has 0 amide bonds. The van der Waals surface area contributed by atoms with E-state index >= 15 is 0 Å². The summed E-state index contributed by atoms with van der Waals surface area (Å²) in [7, 11) is 0. The predicted octanol–water partition coefficient (Wildman–Crippen LogP) is 4.82. The Morgan fingerprint density at radius 3 is 1.38 bits per heavy atom. The summed E-state index contributed by atoms with van der Waals surface area (Å²) in [6, 6.07) is 14.7. The molecule has 0 fully saturated rings. The molecule has 0 saturated heterocycles. The van der Waals surface area contributed by atoms with Crippen LogP contribution in [-0.4, -0.2) is 32.5 Å². The first-order chi connectivity index (χ1) is 10.1. The molecule has 0 bridgehead atoms. The number of halogens is 2. The second-order valence-corrected chi connectivity index (χ2v) is 9.00. The van der Waals surface area contributed by atoms with Gasteiger partial charge in [0, 0.05) is 0 Å². The van der Waals surface area contributed by atoms with E-state index in [1.165, 1.54) is 0 Å². The van der Waals surface area contributed by atoms with Crippen molar-refractivity contribution in [1.29, 1.82) is 0 Å². The van der Waals surface area contributed by atoms with Crippen LogP contribution in [0.4, 0.5) is 0 Å². The summed E-state index contributed by atoms with van der Waals surface area (Å²) in [5.74, 6) is 0.266. The van der Waals surface area contributed by atoms with Crippen LogP contribution in [0.5, 0.6) is 0 Å². The third-order valence-corrected chi connectivity index (χ3v) is 6.52. The summed E-state index contributed by atoms with van der Waals surface area (Å²) in [5, 5.41) is 0.